The van der Waals surface area contributed by atoms with Crippen LogP contribution in [0, 0.1) is 5.41 Å². The minimum absolute atomic E-state index is 0.0851. The lowest BCUT2D eigenvalue weighted by Gasteiger charge is -2.34. The molecule has 3 amide bonds. The number of likely N-dealkylation sites (N-methyl/N-ethyl adjacent to an activating group) is 1. The van der Waals surface area contributed by atoms with E-state index in [1.807, 2.05) is 24.2 Å². The van der Waals surface area contributed by atoms with Gasteiger partial charge in [0.2, 0.25) is 5.91 Å². The van der Waals surface area contributed by atoms with Gasteiger partial charge in [-0.2, -0.15) is 0 Å². The average Bonchev–Trinajstić information content (AvgIpc) is 1.99. The van der Waals surface area contributed by atoms with Crippen LogP contribution in [0.25, 0.3) is 0 Å². The van der Waals surface area contributed by atoms with Gasteiger partial charge >= 0.3 is 6.03 Å². The van der Waals surface area contributed by atoms with Crippen molar-refractivity contribution in [2.24, 2.45) is 11.1 Å². The Morgan fingerprint density at radius 1 is 1.40 bits per heavy atom. The predicted octanol–water partition coefficient (Wildman–Crippen LogP) is 0.548. The smallest absolute Gasteiger partial charge is 0.318 e. The largest absolute Gasteiger partial charge is 0.351 e. The second kappa shape index (κ2) is 5.11. The van der Waals surface area contributed by atoms with Gasteiger partial charge in [0, 0.05) is 6.04 Å². The first-order chi connectivity index (χ1) is 6.64. The topological polar surface area (TPSA) is 75.4 Å². The maximum Gasteiger partial charge on any atom is 0.318 e. The molecule has 1 atom stereocenters. The van der Waals surface area contributed by atoms with Gasteiger partial charge in [-0.05, 0) is 19.4 Å². The van der Waals surface area contributed by atoms with Crippen molar-refractivity contribution in [3.8, 4) is 0 Å². The van der Waals surface area contributed by atoms with Crippen LogP contribution in [0.5, 0.6) is 0 Å². The summed E-state index contributed by atoms with van der Waals surface area (Å²) in [4.78, 5) is 23.6. The van der Waals surface area contributed by atoms with Crippen LogP contribution in [0.15, 0.2) is 0 Å². The highest BCUT2D eigenvalue weighted by molar-refractivity contribution is 5.94. The van der Waals surface area contributed by atoms with Gasteiger partial charge in [0.15, 0.2) is 0 Å². The van der Waals surface area contributed by atoms with E-state index in [2.05, 4.69) is 20.8 Å². The van der Waals surface area contributed by atoms with E-state index in [0.29, 0.717) is 0 Å². The van der Waals surface area contributed by atoms with Crippen LogP contribution in [0.3, 0.4) is 0 Å². The normalized spacial score (nSPS) is 13.7. The summed E-state index contributed by atoms with van der Waals surface area (Å²) in [6.45, 7) is 8.50. The fourth-order valence-electron chi connectivity index (χ4n) is 1.20. The number of hydrogen-bond acceptors (Lipinski definition) is 3. The van der Waals surface area contributed by atoms with Crippen LogP contribution in [-0.2, 0) is 4.79 Å². The number of amides is 3. The van der Waals surface area contributed by atoms with Crippen molar-refractivity contribution in [1.82, 2.24) is 10.2 Å². The second-order valence-electron chi connectivity index (χ2n) is 4.87. The van der Waals surface area contributed by atoms with Crippen molar-refractivity contribution >= 4 is 11.9 Å². The van der Waals surface area contributed by atoms with E-state index in [0.717, 1.165) is 0 Å². The molecule has 5 heteroatoms. The first kappa shape index (κ1) is 13.9. The minimum atomic E-state index is -0.809. The lowest BCUT2D eigenvalue weighted by Crippen LogP contribution is -2.46. The SMILES string of the molecule is CC(N(C)CC(=O)NC(N)=O)C(C)(C)C. The molecular weight excluding hydrogens is 194 g/mol. The maximum absolute atomic E-state index is 11.2. The number of carbonyl (C=O) groups excluding carboxylic acids is 2. The molecule has 0 spiro atoms. The molecule has 0 bridgehead atoms. The second-order valence-corrected chi connectivity index (χ2v) is 4.87. The standard InChI is InChI=1S/C10H21N3O2/c1-7(10(2,3)4)13(5)6-8(14)12-9(11)15/h7H,6H2,1-5H3,(H3,11,12,14,15). The fourth-order valence-corrected chi connectivity index (χ4v) is 1.20. The van der Waals surface area contributed by atoms with Crippen LogP contribution in [0.1, 0.15) is 27.7 Å². The molecule has 0 aliphatic carbocycles. The molecule has 0 saturated heterocycles. The number of imide groups is 1. The van der Waals surface area contributed by atoms with Crippen LogP contribution in [-0.4, -0.2) is 36.5 Å². The number of urea groups is 1. The zero-order valence-electron chi connectivity index (χ0n) is 10.1. The highest BCUT2D eigenvalue weighted by Gasteiger charge is 2.25. The molecular formula is C10H21N3O2. The summed E-state index contributed by atoms with van der Waals surface area (Å²) in [5, 5.41) is 2.04. The number of rotatable bonds is 3. The Morgan fingerprint density at radius 3 is 2.20 bits per heavy atom. The lowest BCUT2D eigenvalue weighted by molar-refractivity contribution is -0.121. The average molecular weight is 215 g/mol. The molecule has 0 aromatic heterocycles. The summed E-state index contributed by atoms with van der Waals surface area (Å²) < 4.78 is 0. The highest BCUT2D eigenvalue weighted by atomic mass is 16.2. The molecule has 0 fully saturated rings. The Kier molecular flexibility index (Phi) is 4.74. The first-order valence-electron chi connectivity index (χ1n) is 4.94. The third-order valence-corrected chi connectivity index (χ3v) is 2.57. The summed E-state index contributed by atoms with van der Waals surface area (Å²) in [6, 6.07) is -0.576. The summed E-state index contributed by atoms with van der Waals surface area (Å²) in [6.07, 6.45) is 0. The number of nitrogens with one attached hydrogen (secondary N) is 1. The van der Waals surface area contributed by atoms with Crippen molar-refractivity contribution in [1.29, 1.82) is 0 Å². The van der Waals surface area contributed by atoms with Crippen molar-refractivity contribution in [2.75, 3.05) is 13.6 Å². The van der Waals surface area contributed by atoms with E-state index < -0.39 is 6.03 Å². The van der Waals surface area contributed by atoms with Crippen LogP contribution < -0.4 is 11.1 Å². The Morgan fingerprint density at radius 2 is 1.87 bits per heavy atom. The molecule has 5 nitrogen and oxygen atoms in total. The number of carbonyl (C=O) groups is 2. The van der Waals surface area contributed by atoms with E-state index in [-0.39, 0.29) is 23.9 Å². The molecule has 0 aliphatic rings. The van der Waals surface area contributed by atoms with Crippen LogP contribution >= 0.6 is 0 Å². The molecule has 0 aromatic rings. The van der Waals surface area contributed by atoms with Crippen molar-refractivity contribution in [3.63, 3.8) is 0 Å². The van der Waals surface area contributed by atoms with Gasteiger partial charge in [-0.3, -0.25) is 15.0 Å². The fraction of sp³-hybridized carbons (Fsp3) is 0.800. The van der Waals surface area contributed by atoms with Gasteiger partial charge in [-0.1, -0.05) is 20.8 Å². The Balaban J connectivity index is 4.19. The van der Waals surface area contributed by atoms with Gasteiger partial charge < -0.3 is 5.73 Å². The molecule has 1 unspecified atom stereocenters. The Labute approximate surface area is 91.0 Å². The number of primary amides is 1. The van der Waals surface area contributed by atoms with Crippen molar-refractivity contribution in [2.45, 2.75) is 33.7 Å². The zero-order chi connectivity index (χ0) is 12.2. The summed E-state index contributed by atoms with van der Waals surface area (Å²) in [5.74, 6) is -0.374. The first-order valence-corrected chi connectivity index (χ1v) is 4.94. The number of nitrogens with two attached hydrogens (primary N) is 1. The number of nitrogens with zero attached hydrogens (tertiary/aromatic N) is 1. The van der Waals surface area contributed by atoms with Crippen LogP contribution in [0.4, 0.5) is 4.79 Å². The minimum Gasteiger partial charge on any atom is -0.351 e. The molecule has 0 heterocycles. The molecule has 0 rings (SSSR count). The van der Waals surface area contributed by atoms with Gasteiger partial charge in [-0.25, -0.2) is 4.79 Å². The van der Waals surface area contributed by atoms with E-state index in [9.17, 15) is 9.59 Å². The Bertz CT molecular complexity index is 246. The monoisotopic (exact) mass is 215 g/mol. The molecule has 0 aromatic carbocycles. The molecule has 3 N–H and O–H groups in total. The summed E-state index contributed by atoms with van der Waals surface area (Å²) in [7, 11) is 1.84. The van der Waals surface area contributed by atoms with Crippen LogP contribution in [0.2, 0.25) is 0 Å². The molecule has 15 heavy (non-hydrogen) atoms. The van der Waals surface area contributed by atoms with Gasteiger partial charge in [0.1, 0.15) is 0 Å². The van der Waals surface area contributed by atoms with Gasteiger partial charge in [0.05, 0.1) is 6.54 Å². The van der Waals surface area contributed by atoms with E-state index in [1.54, 1.807) is 0 Å². The van der Waals surface area contributed by atoms with Gasteiger partial charge in [-0.15, -0.1) is 0 Å². The number of hydrogen-bond donors (Lipinski definition) is 2. The molecule has 0 aliphatic heterocycles. The zero-order valence-corrected chi connectivity index (χ0v) is 10.1. The Hall–Kier alpha value is -1.10. The third kappa shape index (κ3) is 5.37. The summed E-state index contributed by atoms with van der Waals surface area (Å²) in [5.41, 5.74) is 4.93. The van der Waals surface area contributed by atoms with Gasteiger partial charge in [0.25, 0.3) is 0 Å². The quantitative estimate of drug-likeness (QED) is 0.721. The third-order valence-electron chi connectivity index (χ3n) is 2.57. The molecule has 88 valence electrons. The maximum atomic E-state index is 11.2. The lowest BCUT2D eigenvalue weighted by atomic mass is 9.87. The molecule has 0 saturated carbocycles. The van der Waals surface area contributed by atoms with E-state index in [1.165, 1.54) is 0 Å². The highest BCUT2D eigenvalue weighted by Crippen LogP contribution is 2.22. The summed E-state index contributed by atoms with van der Waals surface area (Å²) >= 11 is 0. The van der Waals surface area contributed by atoms with E-state index >= 15 is 0 Å². The van der Waals surface area contributed by atoms with Crippen molar-refractivity contribution < 1.29 is 9.59 Å². The van der Waals surface area contributed by atoms with E-state index in [4.69, 9.17) is 5.73 Å². The predicted molar refractivity (Wildman–Crippen MR) is 59.3 cm³/mol. The van der Waals surface area contributed by atoms with Crippen molar-refractivity contribution in [3.05, 3.63) is 0 Å². The molecule has 0 radical (unpaired) electrons.